The average Bonchev–Trinajstić information content (AvgIpc) is 3.45. The molecule has 4 aromatic rings. The molecule has 3 aliphatic rings. The van der Waals surface area contributed by atoms with Crippen molar-refractivity contribution in [2.75, 3.05) is 67.5 Å². The highest BCUT2D eigenvalue weighted by Crippen LogP contribution is 2.28. The second-order valence-corrected chi connectivity index (χ2v) is 14.9. The fourth-order valence-corrected chi connectivity index (χ4v) is 8.11. The van der Waals surface area contributed by atoms with Crippen LogP contribution in [0.15, 0.2) is 59.8 Å². The quantitative estimate of drug-likeness (QED) is 0.274. The zero-order chi connectivity index (χ0) is 34.8. The standard InChI is InChI=1S/C34H37ClN10O4S/c1-41-30-20-24(7-8-29(30)32(40-41)45-15-11-31(46)39-34(45)47)4-3-12-42-16-18-43(19-17-42)27-5-2-6-28(21-27)50(48,49)44-13-9-26(10-14-44)38-33-36-22-25(35)23-37-33/h2,5-8,20-23,26H,9-19H2,1H3,(H,36,37,38)(H,39,46,47). The van der Waals surface area contributed by atoms with E-state index in [4.69, 9.17) is 11.6 Å². The van der Waals surface area contributed by atoms with Gasteiger partial charge in [-0.05, 0) is 49.2 Å². The van der Waals surface area contributed by atoms with Gasteiger partial charge in [0.15, 0.2) is 5.82 Å². The maximum Gasteiger partial charge on any atom is 0.329 e. The fourth-order valence-electron chi connectivity index (χ4n) is 6.50. The van der Waals surface area contributed by atoms with E-state index in [9.17, 15) is 18.0 Å². The van der Waals surface area contributed by atoms with Gasteiger partial charge in [-0.15, -0.1) is 0 Å². The minimum atomic E-state index is -3.64. The van der Waals surface area contributed by atoms with Gasteiger partial charge in [0, 0.05) is 82.0 Å². The smallest absolute Gasteiger partial charge is 0.329 e. The van der Waals surface area contributed by atoms with Crippen molar-refractivity contribution >= 4 is 61.9 Å². The summed E-state index contributed by atoms with van der Waals surface area (Å²) in [6.07, 6.45) is 4.60. The summed E-state index contributed by atoms with van der Waals surface area (Å²) in [6, 6.07) is 12.6. The number of amides is 3. The number of sulfonamides is 1. The van der Waals surface area contributed by atoms with Gasteiger partial charge in [-0.3, -0.25) is 24.6 Å². The summed E-state index contributed by atoms with van der Waals surface area (Å²) in [6.45, 7) is 4.83. The summed E-state index contributed by atoms with van der Waals surface area (Å²) in [5.74, 6) is 7.27. The zero-order valence-corrected chi connectivity index (χ0v) is 29.1. The molecule has 2 N–H and O–H groups in total. The maximum absolute atomic E-state index is 13.6. The lowest BCUT2D eigenvalue weighted by molar-refractivity contribution is -0.120. The lowest BCUT2D eigenvalue weighted by atomic mass is 10.1. The van der Waals surface area contributed by atoms with Gasteiger partial charge >= 0.3 is 6.03 Å². The van der Waals surface area contributed by atoms with E-state index in [0.717, 1.165) is 48.3 Å². The second kappa shape index (κ2) is 14.2. The SMILES string of the molecule is Cn1nc(N2CCC(=O)NC2=O)c2ccc(C#CCN3CCN(c4cccc(S(=O)(=O)N5CCC(Nc6ncc(Cl)cn6)CC5)c4)CC3)cc21. The van der Waals surface area contributed by atoms with E-state index in [1.54, 1.807) is 21.1 Å². The monoisotopic (exact) mass is 716 g/mol. The lowest BCUT2D eigenvalue weighted by Gasteiger charge is -2.35. The summed E-state index contributed by atoms with van der Waals surface area (Å²) in [5, 5.41) is 11.4. The molecule has 50 heavy (non-hydrogen) atoms. The van der Waals surface area contributed by atoms with E-state index in [2.05, 4.69) is 47.3 Å². The Morgan fingerprint density at radius 2 is 1.74 bits per heavy atom. The topological polar surface area (TPSA) is 149 Å². The molecular weight excluding hydrogens is 680 g/mol. The molecular formula is C34H37ClN10O4S. The van der Waals surface area contributed by atoms with E-state index < -0.39 is 16.1 Å². The molecule has 3 saturated heterocycles. The van der Waals surface area contributed by atoms with Gasteiger partial charge in [-0.2, -0.15) is 9.40 Å². The van der Waals surface area contributed by atoms with Crippen LogP contribution in [-0.2, 0) is 21.9 Å². The van der Waals surface area contributed by atoms with Crippen molar-refractivity contribution in [1.82, 2.24) is 34.3 Å². The number of aryl methyl sites for hydroxylation is 1. The van der Waals surface area contributed by atoms with E-state index >= 15 is 0 Å². The predicted molar refractivity (Wildman–Crippen MR) is 191 cm³/mol. The molecule has 3 fully saturated rings. The molecule has 0 spiro atoms. The molecule has 7 rings (SSSR count). The number of urea groups is 1. The largest absolute Gasteiger partial charge is 0.369 e. The van der Waals surface area contributed by atoms with Crippen LogP contribution in [-0.4, -0.2) is 108 Å². The van der Waals surface area contributed by atoms with Crippen molar-refractivity contribution < 1.29 is 18.0 Å². The van der Waals surface area contributed by atoms with Crippen LogP contribution in [0.2, 0.25) is 5.02 Å². The van der Waals surface area contributed by atoms with E-state index in [-0.39, 0.29) is 24.9 Å². The number of hydrogen-bond donors (Lipinski definition) is 2. The van der Waals surface area contributed by atoms with Crippen molar-refractivity contribution in [3.05, 3.63) is 65.4 Å². The van der Waals surface area contributed by atoms with Crippen LogP contribution in [0.5, 0.6) is 0 Å². The highest BCUT2D eigenvalue weighted by molar-refractivity contribution is 7.89. The molecule has 260 valence electrons. The molecule has 0 saturated carbocycles. The van der Waals surface area contributed by atoms with Crippen molar-refractivity contribution in [2.24, 2.45) is 7.05 Å². The molecule has 5 heterocycles. The molecule has 16 heteroatoms. The number of carbonyl (C=O) groups is 2. The fraction of sp³-hybridized carbons (Fsp3) is 0.382. The second-order valence-electron chi connectivity index (χ2n) is 12.5. The zero-order valence-electron chi connectivity index (χ0n) is 27.5. The Balaban J connectivity index is 0.922. The van der Waals surface area contributed by atoms with E-state index in [0.29, 0.717) is 54.2 Å². The minimum absolute atomic E-state index is 0.0816. The van der Waals surface area contributed by atoms with Gasteiger partial charge in [-0.1, -0.05) is 29.5 Å². The number of nitrogens with zero attached hydrogens (tertiary/aromatic N) is 8. The third-order valence-electron chi connectivity index (χ3n) is 9.28. The first-order valence-electron chi connectivity index (χ1n) is 16.5. The average molecular weight is 717 g/mol. The summed E-state index contributed by atoms with van der Waals surface area (Å²) in [5.41, 5.74) is 2.59. The van der Waals surface area contributed by atoms with Crippen molar-refractivity contribution in [3.63, 3.8) is 0 Å². The third kappa shape index (κ3) is 7.24. The van der Waals surface area contributed by atoms with Crippen LogP contribution in [0.25, 0.3) is 10.9 Å². The Hall–Kier alpha value is -4.75. The normalized spacial score (nSPS) is 18.2. The number of nitrogens with one attached hydrogen (secondary N) is 2. The summed E-state index contributed by atoms with van der Waals surface area (Å²) >= 11 is 5.87. The summed E-state index contributed by atoms with van der Waals surface area (Å²) in [4.78, 5) is 38.6. The Labute approximate surface area is 295 Å². The van der Waals surface area contributed by atoms with Crippen LogP contribution in [0, 0.1) is 11.8 Å². The Morgan fingerprint density at radius 1 is 0.980 bits per heavy atom. The van der Waals surface area contributed by atoms with Crippen LogP contribution in [0.4, 0.5) is 22.2 Å². The summed E-state index contributed by atoms with van der Waals surface area (Å²) < 4.78 is 30.5. The molecule has 2 aromatic heterocycles. The minimum Gasteiger partial charge on any atom is -0.369 e. The van der Waals surface area contributed by atoms with Crippen LogP contribution < -0.4 is 20.4 Å². The van der Waals surface area contributed by atoms with Gasteiger partial charge in [0.05, 0.1) is 34.4 Å². The first-order valence-corrected chi connectivity index (χ1v) is 18.3. The Morgan fingerprint density at radius 3 is 2.48 bits per heavy atom. The molecule has 3 amide bonds. The molecule has 0 unspecified atom stereocenters. The van der Waals surface area contributed by atoms with Gasteiger partial charge in [-0.25, -0.2) is 23.2 Å². The third-order valence-corrected chi connectivity index (χ3v) is 11.4. The van der Waals surface area contributed by atoms with Crippen LogP contribution in [0.3, 0.4) is 0 Å². The van der Waals surface area contributed by atoms with Gasteiger partial charge in [0.2, 0.25) is 21.9 Å². The number of benzene rings is 2. The number of carbonyl (C=O) groups excluding carboxylic acids is 2. The molecule has 0 atom stereocenters. The summed E-state index contributed by atoms with van der Waals surface area (Å²) in [7, 11) is -1.81. The first-order chi connectivity index (χ1) is 24.1. The molecule has 0 radical (unpaired) electrons. The maximum atomic E-state index is 13.6. The van der Waals surface area contributed by atoms with Gasteiger partial charge < -0.3 is 10.2 Å². The lowest BCUT2D eigenvalue weighted by Crippen LogP contribution is -2.49. The van der Waals surface area contributed by atoms with Crippen molar-refractivity contribution in [3.8, 4) is 11.8 Å². The number of imide groups is 1. The number of fused-ring (bicyclic) bond motifs is 1. The van der Waals surface area contributed by atoms with Crippen LogP contribution in [0.1, 0.15) is 24.8 Å². The van der Waals surface area contributed by atoms with Gasteiger partial charge in [0.1, 0.15) is 0 Å². The molecule has 3 aliphatic heterocycles. The molecule has 14 nitrogen and oxygen atoms in total. The van der Waals surface area contributed by atoms with E-state index in [1.807, 2.05) is 37.4 Å². The predicted octanol–water partition coefficient (Wildman–Crippen LogP) is 2.90. The number of aromatic nitrogens is 4. The van der Waals surface area contributed by atoms with Crippen molar-refractivity contribution in [1.29, 1.82) is 0 Å². The highest BCUT2D eigenvalue weighted by Gasteiger charge is 2.31. The van der Waals surface area contributed by atoms with Crippen molar-refractivity contribution in [2.45, 2.75) is 30.2 Å². The molecule has 2 aromatic carbocycles. The van der Waals surface area contributed by atoms with E-state index in [1.165, 1.54) is 17.3 Å². The highest BCUT2D eigenvalue weighted by atomic mass is 35.5. The number of piperidine rings is 1. The Bertz CT molecular complexity index is 2080. The number of hydrogen-bond acceptors (Lipinski definition) is 10. The first kappa shape index (κ1) is 33.7. The molecule has 0 aliphatic carbocycles. The Kier molecular flexibility index (Phi) is 9.60. The molecule has 0 bridgehead atoms. The number of rotatable bonds is 7. The number of piperazine rings is 1. The van der Waals surface area contributed by atoms with Gasteiger partial charge in [0.25, 0.3) is 0 Å². The van der Waals surface area contributed by atoms with Crippen LogP contribution >= 0.6 is 11.6 Å². The number of anilines is 3. The number of halogens is 1.